The van der Waals surface area contributed by atoms with Crippen LogP contribution >= 0.6 is 0 Å². The first-order chi connectivity index (χ1) is 11.1. The molecule has 3 nitrogen and oxygen atoms in total. The van der Waals surface area contributed by atoms with Crippen molar-refractivity contribution in [2.24, 2.45) is 0 Å². The zero-order chi connectivity index (χ0) is 16.3. The lowest BCUT2D eigenvalue weighted by Gasteiger charge is -2.36. The molecule has 0 amide bonds. The van der Waals surface area contributed by atoms with Crippen LogP contribution in [-0.2, 0) is 5.60 Å². The average molecular weight is 310 g/mol. The SMILES string of the molecule is CN(C)C[C@H]1CC[C@@H](C(O)(c2ccccc2)c2ccccc2)N1. The summed E-state index contributed by atoms with van der Waals surface area (Å²) in [6.07, 6.45) is 2.06. The third-order valence-corrected chi connectivity index (χ3v) is 4.76. The lowest BCUT2D eigenvalue weighted by atomic mass is 9.79. The highest BCUT2D eigenvalue weighted by atomic mass is 16.3. The molecule has 1 fully saturated rings. The van der Waals surface area contributed by atoms with Crippen LogP contribution in [-0.4, -0.2) is 42.7 Å². The third kappa shape index (κ3) is 3.32. The summed E-state index contributed by atoms with van der Waals surface area (Å²) in [5.74, 6) is 0. The Bertz CT molecular complexity index is 573. The van der Waals surface area contributed by atoms with Gasteiger partial charge >= 0.3 is 0 Å². The first-order valence-electron chi connectivity index (χ1n) is 8.35. The molecule has 1 aliphatic heterocycles. The molecule has 23 heavy (non-hydrogen) atoms. The highest BCUT2D eigenvalue weighted by Crippen LogP contribution is 2.37. The first kappa shape index (κ1) is 16.2. The van der Waals surface area contributed by atoms with Crippen molar-refractivity contribution < 1.29 is 5.11 Å². The van der Waals surface area contributed by atoms with Crippen LogP contribution in [0.2, 0.25) is 0 Å². The van der Waals surface area contributed by atoms with Gasteiger partial charge in [0.05, 0.1) is 0 Å². The largest absolute Gasteiger partial charge is 0.379 e. The van der Waals surface area contributed by atoms with Gasteiger partial charge in [0, 0.05) is 18.6 Å². The molecule has 3 heteroatoms. The van der Waals surface area contributed by atoms with E-state index in [2.05, 4.69) is 24.3 Å². The molecule has 2 aromatic carbocycles. The summed E-state index contributed by atoms with van der Waals surface area (Å²) in [5.41, 5.74) is 0.909. The average Bonchev–Trinajstić information content (AvgIpc) is 3.04. The molecule has 1 aliphatic rings. The minimum absolute atomic E-state index is 0.0252. The van der Waals surface area contributed by atoms with Gasteiger partial charge in [0.25, 0.3) is 0 Å². The van der Waals surface area contributed by atoms with Crippen LogP contribution in [0.1, 0.15) is 24.0 Å². The van der Waals surface area contributed by atoms with Crippen LogP contribution in [0.3, 0.4) is 0 Å². The third-order valence-electron chi connectivity index (χ3n) is 4.76. The lowest BCUT2D eigenvalue weighted by molar-refractivity contribution is 0.0421. The molecule has 0 aromatic heterocycles. The summed E-state index contributed by atoms with van der Waals surface area (Å²) in [7, 11) is 4.19. The van der Waals surface area contributed by atoms with Crippen LogP contribution in [0, 0.1) is 0 Å². The van der Waals surface area contributed by atoms with Crippen molar-refractivity contribution in [1.82, 2.24) is 10.2 Å². The molecule has 2 aromatic rings. The zero-order valence-corrected chi connectivity index (χ0v) is 13.9. The predicted molar refractivity (Wildman–Crippen MR) is 94.4 cm³/mol. The van der Waals surface area contributed by atoms with E-state index in [0.717, 1.165) is 30.5 Å². The Morgan fingerprint density at radius 1 is 0.957 bits per heavy atom. The van der Waals surface area contributed by atoms with Crippen molar-refractivity contribution in [2.45, 2.75) is 30.5 Å². The van der Waals surface area contributed by atoms with Crippen molar-refractivity contribution in [3.63, 3.8) is 0 Å². The van der Waals surface area contributed by atoms with Crippen molar-refractivity contribution in [3.8, 4) is 0 Å². The van der Waals surface area contributed by atoms with Gasteiger partial charge in [-0.1, -0.05) is 60.7 Å². The normalized spacial score (nSPS) is 21.7. The Morgan fingerprint density at radius 2 is 1.48 bits per heavy atom. The van der Waals surface area contributed by atoms with Crippen molar-refractivity contribution in [2.75, 3.05) is 20.6 Å². The molecule has 1 heterocycles. The Labute approximate surface area is 139 Å². The fraction of sp³-hybridized carbons (Fsp3) is 0.400. The van der Waals surface area contributed by atoms with Gasteiger partial charge in [-0.05, 0) is 38.1 Å². The molecular formula is C20H26N2O. The second kappa shape index (κ2) is 6.83. The van der Waals surface area contributed by atoms with Crippen molar-refractivity contribution in [3.05, 3.63) is 71.8 Å². The first-order valence-corrected chi connectivity index (χ1v) is 8.35. The van der Waals surface area contributed by atoms with E-state index in [1.54, 1.807) is 0 Å². The van der Waals surface area contributed by atoms with Gasteiger partial charge in [0.1, 0.15) is 5.60 Å². The number of likely N-dealkylation sites (N-methyl/N-ethyl adjacent to an activating group) is 1. The summed E-state index contributed by atoms with van der Waals surface area (Å²) in [5, 5.41) is 15.4. The van der Waals surface area contributed by atoms with Crippen LogP contribution in [0.5, 0.6) is 0 Å². The Balaban J connectivity index is 1.94. The molecule has 0 saturated carbocycles. The zero-order valence-electron chi connectivity index (χ0n) is 13.9. The lowest BCUT2D eigenvalue weighted by Crippen LogP contribution is -2.49. The van der Waals surface area contributed by atoms with Gasteiger partial charge in [-0.25, -0.2) is 0 Å². The van der Waals surface area contributed by atoms with E-state index in [0.29, 0.717) is 6.04 Å². The summed E-state index contributed by atoms with van der Waals surface area (Å²) in [6, 6.07) is 20.5. The van der Waals surface area contributed by atoms with E-state index in [1.807, 2.05) is 60.7 Å². The number of nitrogens with one attached hydrogen (secondary N) is 1. The van der Waals surface area contributed by atoms with E-state index >= 15 is 0 Å². The highest BCUT2D eigenvalue weighted by Gasteiger charge is 2.43. The van der Waals surface area contributed by atoms with Gasteiger partial charge in [-0.15, -0.1) is 0 Å². The molecule has 0 spiro atoms. The minimum atomic E-state index is -0.996. The fourth-order valence-electron chi connectivity index (χ4n) is 3.69. The number of rotatable bonds is 5. The molecule has 0 unspecified atom stereocenters. The quantitative estimate of drug-likeness (QED) is 0.891. The second-order valence-electron chi connectivity index (χ2n) is 6.75. The molecule has 122 valence electrons. The minimum Gasteiger partial charge on any atom is -0.379 e. The summed E-state index contributed by atoms with van der Waals surface area (Å²) in [4.78, 5) is 2.20. The van der Waals surface area contributed by atoms with Gasteiger partial charge in [0.2, 0.25) is 0 Å². The maximum atomic E-state index is 11.7. The Kier molecular flexibility index (Phi) is 4.81. The van der Waals surface area contributed by atoms with Gasteiger partial charge < -0.3 is 15.3 Å². The molecule has 3 rings (SSSR count). The fourth-order valence-corrected chi connectivity index (χ4v) is 3.69. The molecule has 1 saturated heterocycles. The molecule has 0 bridgehead atoms. The Hall–Kier alpha value is -1.68. The maximum Gasteiger partial charge on any atom is 0.130 e. The van der Waals surface area contributed by atoms with Gasteiger partial charge in [-0.2, -0.15) is 0 Å². The van der Waals surface area contributed by atoms with E-state index in [1.165, 1.54) is 0 Å². The summed E-state index contributed by atoms with van der Waals surface area (Å²) >= 11 is 0. The van der Waals surface area contributed by atoms with Crippen LogP contribution in [0.4, 0.5) is 0 Å². The maximum absolute atomic E-state index is 11.7. The van der Waals surface area contributed by atoms with E-state index in [4.69, 9.17) is 0 Å². The highest BCUT2D eigenvalue weighted by molar-refractivity contribution is 5.38. The summed E-state index contributed by atoms with van der Waals surface area (Å²) < 4.78 is 0. The van der Waals surface area contributed by atoms with Crippen molar-refractivity contribution >= 4 is 0 Å². The second-order valence-corrected chi connectivity index (χ2v) is 6.75. The number of hydrogen-bond donors (Lipinski definition) is 2. The molecule has 2 atom stereocenters. The van der Waals surface area contributed by atoms with E-state index in [-0.39, 0.29) is 6.04 Å². The van der Waals surface area contributed by atoms with E-state index < -0.39 is 5.60 Å². The monoisotopic (exact) mass is 310 g/mol. The molecule has 2 N–H and O–H groups in total. The van der Waals surface area contributed by atoms with Crippen LogP contribution in [0.15, 0.2) is 60.7 Å². The molecule has 0 aliphatic carbocycles. The molecular weight excluding hydrogens is 284 g/mol. The van der Waals surface area contributed by atoms with Crippen LogP contribution < -0.4 is 5.32 Å². The number of aliphatic hydroxyl groups is 1. The van der Waals surface area contributed by atoms with Crippen molar-refractivity contribution in [1.29, 1.82) is 0 Å². The van der Waals surface area contributed by atoms with Crippen LogP contribution in [0.25, 0.3) is 0 Å². The standard InChI is InChI=1S/C20H26N2O/c1-22(2)15-18-13-14-19(21-18)20(23,16-9-5-3-6-10-16)17-11-7-4-8-12-17/h3-12,18-19,21,23H,13-15H2,1-2H3/t18-,19+/m1/s1. The van der Waals surface area contributed by atoms with Gasteiger partial charge in [-0.3, -0.25) is 0 Å². The summed E-state index contributed by atoms with van der Waals surface area (Å²) in [6.45, 7) is 0.996. The predicted octanol–water partition coefficient (Wildman–Crippen LogP) is 2.60. The number of nitrogens with zero attached hydrogens (tertiary/aromatic N) is 1. The smallest absolute Gasteiger partial charge is 0.130 e. The Morgan fingerprint density at radius 3 is 1.96 bits per heavy atom. The molecule has 0 radical (unpaired) electrons. The number of hydrogen-bond acceptors (Lipinski definition) is 3. The number of benzene rings is 2. The van der Waals surface area contributed by atoms with Gasteiger partial charge in [0.15, 0.2) is 0 Å². The topological polar surface area (TPSA) is 35.5 Å². The van der Waals surface area contributed by atoms with E-state index in [9.17, 15) is 5.11 Å².